The Bertz CT molecular complexity index is 663. The molecule has 0 radical (unpaired) electrons. The van der Waals surface area contributed by atoms with Crippen molar-refractivity contribution in [1.82, 2.24) is 0 Å². The third-order valence-electron chi connectivity index (χ3n) is 3.39. The van der Waals surface area contributed by atoms with Gasteiger partial charge in [-0.1, -0.05) is 17.7 Å². The molecule has 0 aliphatic heterocycles. The molecule has 0 N–H and O–H groups in total. The molecule has 1 fully saturated rings. The Morgan fingerprint density at radius 2 is 1.47 bits per heavy atom. The Morgan fingerprint density at radius 1 is 1.00 bits per heavy atom. The van der Waals surface area contributed by atoms with Crippen molar-refractivity contribution in [3.05, 3.63) is 34.6 Å². The lowest BCUT2D eigenvalue weighted by Crippen LogP contribution is -2.05. The molecule has 6 heteroatoms. The molecule has 0 heterocycles. The number of halogens is 2. The fraction of sp³-hybridized carbons (Fsp3) is 0.231. The van der Waals surface area contributed by atoms with Crippen LogP contribution in [0, 0.1) is 62.0 Å². The summed E-state index contributed by atoms with van der Waals surface area (Å²) in [4.78, 5) is 0. The molecule has 1 aromatic rings. The van der Waals surface area contributed by atoms with E-state index in [-0.39, 0.29) is 10.6 Å². The summed E-state index contributed by atoms with van der Waals surface area (Å²) in [7, 11) is 0. The van der Waals surface area contributed by atoms with Crippen LogP contribution in [-0.4, -0.2) is 0 Å². The lowest BCUT2D eigenvalue weighted by atomic mass is 9.98. The lowest BCUT2D eigenvalue weighted by Gasteiger charge is -2.01. The molecule has 90 valence electrons. The van der Waals surface area contributed by atoms with Crippen molar-refractivity contribution < 1.29 is 4.39 Å². The van der Waals surface area contributed by atoms with Crippen LogP contribution in [0.25, 0.3) is 0 Å². The maximum Gasteiger partial charge on any atom is 0.185 e. The summed E-state index contributed by atoms with van der Waals surface area (Å²) in [6.45, 7) is 0. The molecule has 1 saturated carbocycles. The van der Waals surface area contributed by atoms with Crippen molar-refractivity contribution in [2.45, 2.75) is 5.92 Å². The van der Waals surface area contributed by atoms with Gasteiger partial charge in [0.15, 0.2) is 10.8 Å². The summed E-state index contributed by atoms with van der Waals surface area (Å²) < 4.78 is 13.4. The average molecular weight is 271 g/mol. The fourth-order valence-electron chi connectivity index (χ4n) is 2.33. The van der Waals surface area contributed by atoms with Gasteiger partial charge in [-0.2, -0.15) is 21.0 Å². The van der Waals surface area contributed by atoms with Gasteiger partial charge in [0.2, 0.25) is 0 Å². The van der Waals surface area contributed by atoms with E-state index in [9.17, 15) is 4.39 Å². The second-order valence-corrected chi connectivity index (χ2v) is 4.58. The third-order valence-corrected chi connectivity index (χ3v) is 3.69. The largest absolute Gasteiger partial charge is 0.205 e. The molecule has 0 amide bonds. The van der Waals surface area contributed by atoms with Gasteiger partial charge in [0.1, 0.15) is 5.82 Å². The van der Waals surface area contributed by atoms with Gasteiger partial charge >= 0.3 is 0 Å². The molecule has 1 aliphatic rings. The third kappa shape index (κ3) is 1.34. The highest BCUT2D eigenvalue weighted by Crippen LogP contribution is 2.73. The van der Waals surface area contributed by atoms with Crippen molar-refractivity contribution in [3.8, 4) is 24.3 Å². The number of nitrogens with zero attached hydrogens (tertiary/aromatic N) is 4. The summed E-state index contributed by atoms with van der Waals surface area (Å²) in [5, 5.41) is 36.4. The maximum absolute atomic E-state index is 13.4. The molecular formula is C13H4ClFN4. The van der Waals surface area contributed by atoms with Gasteiger partial charge < -0.3 is 0 Å². The summed E-state index contributed by atoms with van der Waals surface area (Å²) in [6.07, 6.45) is 0. The van der Waals surface area contributed by atoms with Gasteiger partial charge in [-0.15, -0.1) is 0 Å². The van der Waals surface area contributed by atoms with Crippen LogP contribution in [0.5, 0.6) is 0 Å². The van der Waals surface area contributed by atoms with E-state index in [1.54, 1.807) is 24.3 Å². The first kappa shape index (κ1) is 12.8. The minimum absolute atomic E-state index is 0.108. The molecular weight excluding hydrogens is 267 g/mol. The predicted molar refractivity (Wildman–Crippen MR) is 61.5 cm³/mol. The molecule has 4 nitrogen and oxygen atoms in total. The minimum atomic E-state index is -1.77. The number of benzene rings is 1. The Kier molecular flexibility index (Phi) is 2.68. The van der Waals surface area contributed by atoms with Crippen LogP contribution in [0.3, 0.4) is 0 Å². The van der Waals surface area contributed by atoms with Crippen molar-refractivity contribution >= 4 is 11.6 Å². The second kappa shape index (κ2) is 3.96. The Hall–Kier alpha value is -2.60. The van der Waals surface area contributed by atoms with E-state index in [4.69, 9.17) is 32.6 Å². The van der Waals surface area contributed by atoms with Gasteiger partial charge in [0, 0.05) is 0 Å². The quantitative estimate of drug-likeness (QED) is 0.783. The van der Waals surface area contributed by atoms with Crippen LogP contribution in [0.2, 0.25) is 5.02 Å². The average Bonchev–Trinajstić information content (AvgIpc) is 3.05. The zero-order valence-electron chi connectivity index (χ0n) is 9.35. The minimum Gasteiger partial charge on any atom is -0.205 e. The molecule has 0 saturated heterocycles. The first-order chi connectivity index (χ1) is 9.02. The van der Waals surface area contributed by atoms with Crippen LogP contribution < -0.4 is 0 Å². The first-order valence-electron chi connectivity index (χ1n) is 5.13. The Morgan fingerprint density at radius 3 is 1.84 bits per heavy atom. The fourth-order valence-corrected chi connectivity index (χ4v) is 2.45. The maximum atomic E-state index is 13.4. The van der Waals surface area contributed by atoms with Crippen LogP contribution in [0.4, 0.5) is 4.39 Å². The van der Waals surface area contributed by atoms with Crippen molar-refractivity contribution in [1.29, 1.82) is 21.0 Å². The van der Waals surface area contributed by atoms with Crippen LogP contribution in [0.15, 0.2) is 18.2 Å². The first-order valence-corrected chi connectivity index (χ1v) is 5.50. The Labute approximate surface area is 113 Å². The van der Waals surface area contributed by atoms with E-state index in [1.807, 2.05) is 0 Å². The van der Waals surface area contributed by atoms with Crippen molar-refractivity contribution in [2.24, 2.45) is 10.8 Å². The molecule has 19 heavy (non-hydrogen) atoms. The number of nitriles is 4. The zero-order valence-corrected chi connectivity index (χ0v) is 10.1. The molecule has 2 rings (SSSR count). The molecule has 0 unspecified atom stereocenters. The molecule has 0 bridgehead atoms. The predicted octanol–water partition coefficient (Wildman–Crippen LogP) is 2.64. The van der Waals surface area contributed by atoms with E-state index in [1.165, 1.54) is 12.1 Å². The van der Waals surface area contributed by atoms with Crippen LogP contribution in [0.1, 0.15) is 11.5 Å². The van der Waals surface area contributed by atoms with Gasteiger partial charge in [0.25, 0.3) is 0 Å². The normalized spacial score (nSPS) is 18.4. The Balaban J connectivity index is 2.62. The SMILES string of the molecule is N#CC1(C#N)C(c2ccc(Cl)c(F)c2)C1(C#N)C#N. The second-order valence-electron chi connectivity index (χ2n) is 4.17. The van der Waals surface area contributed by atoms with E-state index >= 15 is 0 Å². The van der Waals surface area contributed by atoms with Crippen LogP contribution >= 0.6 is 11.6 Å². The highest BCUT2D eigenvalue weighted by atomic mass is 35.5. The highest BCUT2D eigenvalue weighted by molar-refractivity contribution is 6.30. The number of rotatable bonds is 1. The number of hydrogen-bond donors (Lipinski definition) is 0. The smallest absolute Gasteiger partial charge is 0.185 e. The van der Waals surface area contributed by atoms with Crippen LogP contribution in [-0.2, 0) is 0 Å². The molecule has 0 spiro atoms. The van der Waals surface area contributed by atoms with E-state index in [0.717, 1.165) is 6.07 Å². The van der Waals surface area contributed by atoms with Gasteiger partial charge in [-0.05, 0) is 17.7 Å². The van der Waals surface area contributed by atoms with Crippen molar-refractivity contribution in [2.75, 3.05) is 0 Å². The van der Waals surface area contributed by atoms with Crippen molar-refractivity contribution in [3.63, 3.8) is 0 Å². The molecule has 1 aromatic carbocycles. The number of hydrogen-bond acceptors (Lipinski definition) is 4. The lowest BCUT2D eigenvalue weighted by molar-refractivity contribution is 0.625. The summed E-state index contributed by atoms with van der Waals surface area (Å²) in [5.41, 5.74) is -3.29. The van der Waals surface area contributed by atoms with E-state index < -0.39 is 22.6 Å². The van der Waals surface area contributed by atoms with E-state index in [0.29, 0.717) is 0 Å². The van der Waals surface area contributed by atoms with Gasteiger partial charge in [0.05, 0.1) is 35.2 Å². The van der Waals surface area contributed by atoms with Gasteiger partial charge in [-0.25, -0.2) is 4.39 Å². The van der Waals surface area contributed by atoms with E-state index in [2.05, 4.69) is 0 Å². The van der Waals surface area contributed by atoms with Gasteiger partial charge in [-0.3, -0.25) is 0 Å². The summed E-state index contributed by atoms with van der Waals surface area (Å²) >= 11 is 5.55. The topological polar surface area (TPSA) is 95.2 Å². The zero-order chi connectivity index (χ0) is 14.3. The highest BCUT2D eigenvalue weighted by Gasteiger charge is 2.82. The summed E-state index contributed by atoms with van der Waals surface area (Å²) in [5.74, 6) is -1.68. The molecule has 1 aliphatic carbocycles. The summed E-state index contributed by atoms with van der Waals surface area (Å²) in [6, 6.07) is 10.6. The molecule has 0 atom stereocenters. The standard InChI is InChI=1S/C13H4ClFN4/c14-9-2-1-8(3-10(9)15)11-12(4-16,5-17)13(11,6-18)7-19/h1-3,11H. The monoisotopic (exact) mass is 270 g/mol. The molecule has 0 aromatic heterocycles.